The van der Waals surface area contributed by atoms with Gasteiger partial charge in [0.05, 0.1) is 18.0 Å². The number of halogens is 1. The fraction of sp³-hybridized carbons (Fsp3) is 0.143. The van der Waals surface area contributed by atoms with Crippen LogP contribution < -0.4 is 15.6 Å². The predicted octanol–water partition coefficient (Wildman–Crippen LogP) is 4.48. The summed E-state index contributed by atoms with van der Waals surface area (Å²) in [5.74, 6) is 1.20. The number of rotatable bonds is 5. The molecule has 0 atom stereocenters. The van der Waals surface area contributed by atoms with E-state index in [0.29, 0.717) is 40.1 Å². The van der Waals surface area contributed by atoms with Gasteiger partial charge in [0.1, 0.15) is 11.3 Å². The molecule has 0 aliphatic carbocycles. The molecule has 0 bridgehead atoms. The van der Waals surface area contributed by atoms with E-state index in [-0.39, 0.29) is 11.5 Å². The molecule has 0 unspecified atom stereocenters. The maximum Gasteiger partial charge on any atom is 0.252 e. The first-order valence-electron chi connectivity index (χ1n) is 9.08. The molecule has 0 saturated carbocycles. The van der Waals surface area contributed by atoms with Gasteiger partial charge < -0.3 is 4.74 Å². The standard InChI is InChI=1S/C21H18ClN5O2/c1-3-29-17-10-6-8-13-12(2)23-20(26-19(13)17)27-21-24-16(11-18(28)25-21)14-7-4-5-9-15(14)22/h4-11H,3H2,1-2H3,(H2,23,24,25,26,27,28). The normalized spacial score (nSPS) is 10.9. The Morgan fingerprint density at radius 2 is 1.93 bits per heavy atom. The summed E-state index contributed by atoms with van der Waals surface area (Å²) in [6.07, 6.45) is 0. The van der Waals surface area contributed by atoms with Crippen LogP contribution in [0.4, 0.5) is 11.9 Å². The first-order valence-corrected chi connectivity index (χ1v) is 9.46. The van der Waals surface area contributed by atoms with Crippen LogP contribution in [-0.2, 0) is 0 Å². The molecule has 146 valence electrons. The fourth-order valence-electron chi connectivity index (χ4n) is 3.04. The third-order valence-corrected chi connectivity index (χ3v) is 4.63. The fourth-order valence-corrected chi connectivity index (χ4v) is 3.27. The van der Waals surface area contributed by atoms with Crippen molar-refractivity contribution >= 4 is 34.4 Å². The molecular formula is C21H18ClN5O2. The lowest BCUT2D eigenvalue weighted by Gasteiger charge is -2.11. The highest BCUT2D eigenvalue weighted by atomic mass is 35.5. The lowest BCUT2D eigenvalue weighted by atomic mass is 10.1. The Labute approximate surface area is 171 Å². The summed E-state index contributed by atoms with van der Waals surface area (Å²) in [5.41, 5.74) is 2.27. The van der Waals surface area contributed by atoms with Gasteiger partial charge in [0, 0.05) is 22.0 Å². The Morgan fingerprint density at radius 1 is 1.10 bits per heavy atom. The van der Waals surface area contributed by atoms with Crippen LogP contribution in [-0.4, -0.2) is 26.5 Å². The number of anilines is 2. The maximum absolute atomic E-state index is 12.2. The minimum atomic E-state index is -0.315. The number of para-hydroxylation sites is 1. The molecule has 0 fully saturated rings. The Morgan fingerprint density at radius 3 is 2.72 bits per heavy atom. The lowest BCUT2D eigenvalue weighted by Crippen LogP contribution is -2.12. The number of hydrogen-bond donors (Lipinski definition) is 2. The first kappa shape index (κ1) is 18.9. The van der Waals surface area contributed by atoms with E-state index in [4.69, 9.17) is 16.3 Å². The van der Waals surface area contributed by atoms with Gasteiger partial charge in [-0.15, -0.1) is 0 Å². The number of aromatic amines is 1. The zero-order valence-corrected chi connectivity index (χ0v) is 16.6. The van der Waals surface area contributed by atoms with Crippen molar-refractivity contribution in [3.8, 4) is 17.0 Å². The number of aryl methyl sites for hydroxylation is 1. The molecule has 0 spiro atoms. The van der Waals surface area contributed by atoms with Gasteiger partial charge in [0.25, 0.3) is 5.56 Å². The van der Waals surface area contributed by atoms with Crippen molar-refractivity contribution in [2.45, 2.75) is 13.8 Å². The second-order valence-corrected chi connectivity index (χ2v) is 6.71. The Balaban J connectivity index is 1.76. The van der Waals surface area contributed by atoms with Crippen molar-refractivity contribution in [3.05, 3.63) is 69.6 Å². The molecule has 2 aromatic carbocycles. The molecule has 2 N–H and O–H groups in total. The summed E-state index contributed by atoms with van der Waals surface area (Å²) >= 11 is 6.25. The highest BCUT2D eigenvalue weighted by molar-refractivity contribution is 6.33. The van der Waals surface area contributed by atoms with E-state index in [0.717, 1.165) is 11.1 Å². The lowest BCUT2D eigenvalue weighted by molar-refractivity contribution is 0.343. The van der Waals surface area contributed by atoms with Crippen molar-refractivity contribution in [1.82, 2.24) is 19.9 Å². The van der Waals surface area contributed by atoms with Gasteiger partial charge in [-0.1, -0.05) is 41.9 Å². The van der Waals surface area contributed by atoms with Crippen LogP contribution in [0, 0.1) is 6.92 Å². The molecule has 0 saturated heterocycles. The molecule has 2 aromatic heterocycles. The molecular weight excluding hydrogens is 390 g/mol. The van der Waals surface area contributed by atoms with Gasteiger partial charge >= 0.3 is 0 Å². The summed E-state index contributed by atoms with van der Waals surface area (Å²) in [7, 11) is 0. The zero-order valence-electron chi connectivity index (χ0n) is 15.9. The molecule has 7 nitrogen and oxygen atoms in total. The molecule has 2 heterocycles. The van der Waals surface area contributed by atoms with Crippen molar-refractivity contribution in [2.24, 2.45) is 0 Å². The monoisotopic (exact) mass is 407 g/mol. The van der Waals surface area contributed by atoms with Crippen LogP contribution in [0.25, 0.3) is 22.2 Å². The van der Waals surface area contributed by atoms with Gasteiger partial charge in [-0.3, -0.25) is 15.1 Å². The van der Waals surface area contributed by atoms with E-state index >= 15 is 0 Å². The van der Waals surface area contributed by atoms with Crippen LogP contribution in [0.1, 0.15) is 12.6 Å². The highest BCUT2D eigenvalue weighted by Gasteiger charge is 2.12. The summed E-state index contributed by atoms with van der Waals surface area (Å²) in [6, 6.07) is 14.3. The van der Waals surface area contributed by atoms with E-state index in [1.54, 1.807) is 12.1 Å². The van der Waals surface area contributed by atoms with Crippen LogP contribution >= 0.6 is 11.6 Å². The molecule has 0 aliphatic heterocycles. The largest absolute Gasteiger partial charge is 0.492 e. The number of nitrogens with zero attached hydrogens (tertiary/aromatic N) is 3. The minimum absolute atomic E-state index is 0.222. The smallest absolute Gasteiger partial charge is 0.252 e. The molecule has 4 rings (SSSR count). The molecule has 8 heteroatoms. The van der Waals surface area contributed by atoms with Crippen molar-refractivity contribution in [1.29, 1.82) is 0 Å². The van der Waals surface area contributed by atoms with Crippen molar-refractivity contribution < 1.29 is 4.74 Å². The second kappa shape index (κ2) is 7.89. The van der Waals surface area contributed by atoms with E-state index in [1.165, 1.54) is 6.07 Å². The van der Waals surface area contributed by atoms with Gasteiger partial charge in [-0.05, 0) is 26.0 Å². The summed E-state index contributed by atoms with van der Waals surface area (Å²) < 4.78 is 5.68. The quantitative estimate of drug-likeness (QED) is 0.506. The average Bonchev–Trinajstić information content (AvgIpc) is 2.69. The zero-order chi connectivity index (χ0) is 20.4. The van der Waals surface area contributed by atoms with E-state index in [9.17, 15) is 4.79 Å². The summed E-state index contributed by atoms with van der Waals surface area (Å²) in [6.45, 7) is 4.34. The second-order valence-electron chi connectivity index (χ2n) is 6.30. The number of ether oxygens (including phenoxy) is 1. The van der Waals surface area contributed by atoms with Crippen LogP contribution in [0.5, 0.6) is 5.75 Å². The summed E-state index contributed by atoms with van der Waals surface area (Å²) in [5, 5.41) is 4.40. The van der Waals surface area contributed by atoms with Gasteiger partial charge in [0.2, 0.25) is 11.9 Å². The van der Waals surface area contributed by atoms with Crippen LogP contribution in [0.2, 0.25) is 5.02 Å². The molecule has 29 heavy (non-hydrogen) atoms. The Hall–Kier alpha value is -3.45. The highest BCUT2D eigenvalue weighted by Crippen LogP contribution is 2.28. The van der Waals surface area contributed by atoms with Gasteiger partial charge in [-0.2, -0.15) is 0 Å². The minimum Gasteiger partial charge on any atom is -0.492 e. The van der Waals surface area contributed by atoms with Gasteiger partial charge in [-0.25, -0.2) is 15.0 Å². The number of benzene rings is 2. The number of nitrogens with one attached hydrogen (secondary N) is 2. The third kappa shape index (κ3) is 3.90. The summed E-state index contributed by atoms with van der Waals surface area (Å²) in [4.78, 5) is 28.3. The predicted molar refractivity (Wildman–Crippen MR) is 114 cm³/mol. The topological polar surface area (TPSA) is 92.8 Å². The molecule has 0 radical (unpaired) electrons. The van der Waals surface area contributed by atoms with E-state index in [2.05, 4.69) is 25.3 Å². The Bertz CT molecular complexity index is 1260. The van der Waals surface area contributed by atoms with Gasteiger partial charge in [0.15, 0.2) is 0 Å². The van der Waals surface area contributed by atoms with E-state index < -0.39 is 0 Å². The molecule has 0 amide bonds. The first-order chi connectivity index (χ1) is 14.0. The molecule has 4 aromatic rings. The number of fused-ring (bicyclic) bond motifs is 1. The van der Waals surface area contributed by atoms with Crippen molar-refractivity contribution in [2.75, 3.05) is 11.9 Å². The van der Waals surface area contributed by atoms with Crippen LogP contribution in [0.15, 0.2) is 53.3 Å². The number of H-pyrrole nitrogens is 1. The third-order valence-electron chi connectivity index (χ3n) is 4.30. The number of hydrogen-bond acceptors (Lipinski definition) is 6. The maximum atomic E-state index is 12.2. The number of aromatic nitrogens is 4. The Kier molecular flexibility index (Phi) is 5.14. The van der Waals surface area contributed by atoms with E-state index in [1.807, 2.05) is 44.2 Å². The molecule has 0 aliphatic rings. The van der Waals surface area contributed by atoms with Crippen molar-refractivity contribution in [3.63, 3.8) is 0 Å². The SMILES string of the molecule is CCOc1cccc2c(C)nc(Nc3nc(-c4ccccc4Cl)cc(=O)[nH]3)nc12. The average molecular weight is 408 g/mol. The van der Waals surface area contributed by atoms with Crippen LogP contribution in [0.3, 0.4) is 0 Å².